The molecule has 0 rings (SSSR count). The molecule has 0 fully saturated rings. The van der Waals surface area contributed by atoms with Gasteiger partial charge in [0.15, 0.2) is 0 Å². The van der Waals surface area contributed by atoms with Gasteiger partial charge in [0.25, 0.3) is 0 Å². The highest BCUT2D eigenvalue weighted by atomic mass is 16.4. The van der Waals surface area contributed by atoms with Gasteiger partial charge in [0.05, 0.1) is 0 Å². The highest BCUT2D eigenvalue weighted by molar-refractivity contribution is 5.66. The fourth-order valence-corrected chi connectivity index (χ4v) is 0.349. The van der Waals surface area contributed by atoms with E-state index in [9.17, 15) is 4.79 Å². The summed E-state index contributed by atoms with van der Waals surface area (Å²) in [6, 6.07) is 0. The van der Waals surface area contributed by atoms with Crippen LogP contribution in [0.3, 0.4) is 0 Å². The third kappa shape index (κ3) is 4.83. The Kier molecular flexibility index (Phi) is 3.46. The van der Waals surface area contributed by atoms with Gasteiger partial charge in [-0.15, -0.1) is 0 Å². The molecule has 0 radical (unpaired) electrons. The SMILES string of the molecule is C=C(CCO)NC(=O)O. The number of carbonyl (C=O) groups is 1. The smallest absolute Gasteiger partial charge is 0.408 e. The first kappa shape index (κ1) is 7.97. The minimum absolute atomic E-state index is 0.0842. The summed E-state index contributed by atoms with van der Waals surface area (Å²) in [5.41, 5.74) is 0.310. The molecule has 0 unspecified atom stereocenters. The Morgan fingerprint density at radius 2 is 2.22 bits per heavy atom. The number of hydrogen-bond donors (Lipinski definition) is 3. The van der Waals surface area contributed by atoms with Crippen molar-refractivity contribution in [1.82, 2.24) is 5.32 Å². The van der Waals surface area contributed by atoms with Crippen LogP contribution < -0.4 is 5.32 Å². The van der Waals surface area contributed by atoms with Crippen molar-refractivity contribution in [2.45, 2.75) is 6.42 Å². The van der Waals surface area contributed by atoms with Crippen molar-refractivity contribution in [2.75, 3.05) is 6.61 Å². The topological polar surface area (TPSA) is 69.6 Å². The van der Waals surface area contributed by atoms with E-state index in [0.29, 0.717) is 5.70 Å². The van der Waals surface area contributed by atoms with E-state index in [2.05, 4.69) is 6.58 Å². The maximum atomic E-state index is 9.83. The minimum atomic E-state index is -1.14. The predicted octanol–water partition coefficient (Wildman–Crippen LogP) is 0.150. The molecule has 0 saturated carbocycles. The van der Waals surface area contributed by atoms with Crippen LogP contribution in [-0.2, 0) is 0 Å². The van der Waals surface area contributed by atoms with Gasteiger partial charge >= 0.3 is 6.09 Å². The van der Waals surface area contributed by atoms with Gasteiger partial charge in [0.2, 0.25) is 0 Å². The summed E-state index contributed by atoms with van der Waals surface area (Å²) in [4.78, 5) is 9.83. The lowest BCUT2D eigenvalue weighted by atomic mass is 10.4. The Morgan fingerprint density at radius 3 is 2.56 bits per heavy atom. The van der Waals surface area contributed by atoms with Crippen LogP contribution in [0, 0.1) is 0 Å². The van der Waals surface area contributed by atoms with Crippen LogP contribution in [0.15, 0.2) is 12.3 Å². The van der Waals surface area contributed by atoms with Crippen molar-refractivity contribution in [3.8, 4) is 0 Å². The summed E-state index contributed by atoms with van der Waals surface area (Å²) in [6.07, 6.45) is -0.875. The molecule has 0 bridgehead atoms. The molecule has 52 valence electrons. The summed E-state index contributed by atoms with van der Waals surface area (Å²) in [7, 11) is 0. The van der Waals surface area contributed by atoms with Gasteiger partial charge in [0.1, 0.15) is 0 Å². The van der Waals surface area contributed by atoms with Crippen LogP contribution in [-0.4, -0.2) is 22.9 Å². The largest absolute Gasteiger partial charge is 0.465 e. The second kappa shape index (κ2) is 3.91. The van der Waals surface area contributed by atoms with Gasteiger partial charge in [-0.3, -0.25) is 5.32 Å². The molecule has 0 aromatic carbocycles. The minimum Gasteiger partial charge on any atom is -0.465 e. The maximum absolute atomic E-state index is 9.83. The quantitative estimate of drug-likeness (QED) is 0.510. The van der Waals surface area contributed by atoms with Gasteiger partial charge in [-0.1, -0.05) is 6.58 Å². The molecule has 0 aromatic heterocycles. The van der Waals surface area contributed by atoms with Gasteiger partial charge in [-0.25, -0.2) is 4.79 Å². The van der Waals surface area contributed by atoms with Crippen LogP contribution in [0.2, 0.25) is 0 Å². The fraction of sp³-hybridized carbons (Fsp3) is 0.400. The lowest BCUT2D eigenvalue weighted by molar-refractivity contribution is 0.196. The van der Waals surface area contributed by atoms with Gasteiger partial charge in [0, 0.05) is 18.7 Å². The van der Waals surface area contributed by atoms with E-state index in [1.807, 2.05) is 5.32 Å². The highest BCUT2D eigenvalue weighted by Crippen LogP contribution is 1.88. The number of rotatable bonds is 3. The first-order valence-corrected chi connectivity index (χ1v) is 2.45. The Morgan fingerprint density at radius 1 is 1.67 bits per heavy atom. The Labute approximate surface area is 52.8 Å². The zero-order valence-electron chi connectivity index (χ0n) is 4.92. The van der Waals surface area contributed by atoms with Gasteiger partial charge < -0.3 is 10.2 Å². The predicted molar refractivity (Wildman–Crippen MR) is 32.0 cm³/mol. The molecular formula is C5H9NO3. The summed E-state index contributed by atoms with van der Waals surface area (Å²) in [6.45, 7) is 3.25. The molecule has 0 aromatic rings. The molecular weight excluding hydrogens is 122 g/mol. The Balaban J connectivity index is 3.39. The molecule has 0 aliphatic carbocycles. The third-order valence-electron chi connectivity index (χ3n) is 0.697. The summed E-state index contributed by atoms with van der Waals surface area (Å²) >= 11 is 0. The van der Waals surface area contributed by atoms with Crippen LogP contribution in [0.1, 0.15) is 6.42 Å². The number of hydrogen-bond acceptors (Lipinski definition) is 2. The van der Waals surface area contributed by atoms with E-state index < -0.39 is 6.09 Å². The number of amides is 1. The summed E-state index contributed by atoms with van der Waals surface area (Å²) in [5.74, 6) is 0. The lowest BCUT2D eigenvalue weighted by Crippen LogP contribution is -2.19. The summed E-state index contributed by atoms with van der Waals surface area (Å²) in [5, 5.41) is 18.3. The molecule has 4 heteroatoms. The van der Waals surface area contributed by atoms with Crippen LogP contribution in [0.5, 0.6) is 0 Å². The van der Waals surface area contributed by atoms with Crippen LogP contribution >= 0.6 is 0 Å². The molecule has 0 spiro atoms. The second-order valence-corrected chi connectivity index (χ2v) is 1.51. The van der Waals surface area contributed by atoms with E-state index >= 15 is 0 Å². The van der Waals surface area contributed by atoms with E-state index in [0.717, 1.165) is 0 Å². The fourth-order valence-electron chi connectivity index (χ4n) is 0.349. The highest BCUT2D eigenvalue weighted by Gasteiger charge is 1.95. The first-order valence-electron chi connectivity index (χ1n) is 2.45. The number of aliphatic hydroxyl groups excluding tert-OH is 1. The number of carboxylic acid groups (broad SMARTS) is 1. The zero-order chi connectivity index (χ0) is 7.28. The average Bonchev–Trinajstić information content (AvgIpc) is 1.63. The van der Waals surface area contributed by atoms with Crippen molar-refractivity contribution in [3.05, 3.63) is 12.3 Å². The lowest BCUT2D eigenvalue weighted by Gasteiger charge is -1.99. The normalized spacial score (nSPS) is 8.56. The Hall–Kier alpha value is -1.03. The Bertz CT molecular complexity index is 121. The monoisotopic (exact) mass is 131 g/mol. The number of aliphatic hydroxyl groups is 1. The van der Waals surface area contributed by atoms with E-state index in [-0.39, 0.29) is 13.0 Å². The van der Waals surface area contributed by atoms with Crippen molar-refractivity contribution in [3.63, 3.8) is 0 Å². The van der Waals surface area contributed by atoms with Crippen molar-refractivity contribution < 1.29 is 15.0 Å². The van der Waals surface area contributed by atoms with Gasteiger partial charge in [-0.05, 0) is 0 Å². The maximum Gasteiger partial charge on any atom is 0.408 e. The summed E-state index contributed by atoms with van der Waals surface area (Å²) < 4.78 is 0. The van der Waals surface area contributed by atoms with Crippen molar-refractivity contribution in [1.29, 1.82) is 0 Å². The first-order chi connectivity index (χ1) is 4.16. The molecule has 1 amide bonds. The zero-order valence-corrected chi connectivity index (χ0v) is 4.92. The molecule has 0 saturated heterocycles. The average molecular weight is 131 g/mol. The van der Waals surface area contributed by atoms with E-state index in [1.54, 1.807) is 0 Å². The molecule has 0 atom stereocenters. The molecule has 0 heterocycles. The molecule has 0 aliphatic rings. The third-order valence-corrected chi connectivity index (χ3v) is 0.697. The number of nitrogens with one attached hydrogen (secondary N) is 1. The van der Waals surface area contributed by atoms with Gasteiger partial charge in [-0.2, -0.15) is 0 Å². The molecule has 0 aliphatic heterocycles. The standard InChI is InChI=1S/C5H9NO3/c1-4(2-3-7)6-5(8)9/h6-7H,1-3H2,(H,8,9). The van der Waals surface area contributed by atoms with Crippen molar-refractivity contribution in [2.24, 2.45) is 0 Å². The van der Waals surface area contributed by atoms with Crippen LogP contribution in [0.4, 0.5) is 4.79 Å². The molecule has 3 N–H and O–H groups in total. The molecule has 9 heavy (non-hydrogen) atoms. The second-order valence-electron chi connectivity index (χ2n) is 1.51. The van der Waals surface area contributed by atoms with Crippen molar-refractivity contribution >= 4 is 6.09 Å². The van der Waals surface area contributed by atoms with E-state index in [1.165, 1.54) is 0 Å². The molecule has 4 nitrogen and oxygen atoms in total. The van der Waals surface area contributed by atoms with E-state index in [4.69, 9.17) is 10.2 Å². The van der Waals surface area contributed by atoms with Crippen LogP contribution in [0.25, 0.3) is 0 Å².